The molecule has 1 aromatic carbocycles. The number of rotatable bonds is 6. The maximum Gasteiger partial charge on any atom is 0.105 e. The SMILES string of the molecule is OCCN(CCOF)c1ccccc1. The molecule has 0 saturated carbocycles. The number of anilines is 1. The van der Waals surface area contributed by atoms with Crippen LogP contribution in [0.2, 0.25) is 0 Å². The van der Waals surface area contributed by atoms with E-state index in [1.54, 1.807) is 0 Å². The van der Waals surface area contributed by atoms with Crippen LogP contribution in [0.4, 0.5) is 10.2 Å². The summed E-state index contributed by atoms with van der Waals surface area (Å²) in [4.78, 5) is 5.38. The second-order valence-electron chi connectivity index (χ2n) is 2.86. The van der Waals surface area contributed by atoms with Crippen molar-refractivity contribution in [1.82, 2.24) is 0 Å². The first kappa shape index (κ1) is 10.9. The van der Waals surface area contributed by atoms with E-state index in [1.807, 2.05) is 35.2 Å². The maximum atomic E-state index is 11.5. The highest BCUT2D eigenvalue weighted by atomic mass is 19.3. The Morgan fingerprint density at radius 1 is 1.21 bits per heavy atom. The van der Waals surface area contributed by atoms with E-state index in [2.05, 4.69) is 4.94 Å². The summed E-state index contributed by atoms with van der Waals surface area (Å²) in [6.45, 7) is 0.963. The molecular formula is C10H14FNO2. The van der Waals surface area contributed by atoms with Gasteiger partial charge in [-0.2, -0.15) is 4.94 Å². The third-order valence-corrected chi connectivity index (χ3v) is 1.93. The number of aliphatic hydroxyl groups excluding tert-OH is 1. The quantitative estimate of drug-likeness (QED) is 0.751. The van der Waals surface area contributed by atoms with E-state index >= 15 is 0 Å². The summed E-state index contributed by atoms with van der Waals surface area (Å²) in [5.74, 6) is 0. The van der Waals surface area contributed by atoms with E-state index in [0.29, 0.717) is 13.1 Å². The molecule has 0 aliphatic heterocycles. The van der Waals surface area contributed by atoms with Gasteiger partial charge in [0, 0.05) is 18.8 Å². The molecule has 0 aliphatic carbocycles. The Balaban J connectivity index is 2.58. The number of benzene rings is 1. The summed E-state index contributed by atoms with van der Waals surface area (Å²) in [5, 5.41) is 8.82. The average Bonchev–Trinajstić information content (AvgIpc) is 2.25. The monoisotopic (exact) mass is 199 g/mol. The van der Waals surface area contributed by atoms with Crippen molar-refractivity contribution in [3.05, 3.63) is 30.3 Å². The van der Waals surface area contributed by atoms with E-state index in [9.17, 15) is 4.53 Å². The molecule has 0 aromatic heterocycles. The van der Waals surface area contributed by atoms with Gasteiger partial charge >= 0.3 is 0 Å². The highest BCUT2D eigenvalue weighted by Gasteiger charge is 2.04. The van der Waals surface area contributed by atoms with E-state index in [1.165, 1.54) is 0 Å². The van der Waals surface area contributed by atoms with Crippen molar-refractivity contribution >= 4 is 5.69 Å². The largest absolute Gasteiger partial charge is 0.395 e. The van der Waals surface area contributed by atoms with E-state index in [4.69, 9.17) is 5.11 Å². The summed E-state index contributed by atoms with van der Waals surface area (Å²) in [7, 11) is 0. The third-order valence-electron chi connectivity index (χ3n) is 1.93. The molecule has 0 fully saturated rings. The van der Waals surface area contributed by atoms with Crippen molar-refractivity contribution < 1.29 is 14.6 Å². The van der Waals surface area contributed by atoms with Gasteiger partial charge in [-0.15, -0.1) is 0 Å². The highest BCUT2D eigenvalue weighted by molar-refractivity contribution is 5.45. The van der Waals surface area contributed by atoms with Crippen molar-refractivity contribution in [2.45, 2.75) is 0 Å². The average molecular weight is 199 g/mol. The van der Waals surface area contributed by atoms with Crippen LogP contribution in [0, 0.1) is 0 Å². The fourth-order valence-corrected chi connectivity index (χ4v) is 1.27. The Morgan fingerprint density at radius 2 is 1.93 bits per heavy atom. The number of nitrogens with zero attached hydrogens (tertiary/aromatic N) is 1. The van der Waals surface area contributed by atoms with Gasteiger partial charge in [0.25, 0.3) is 0 Å². The van der Waals surface area contributed by atoms with Gasteiger partial charge in [0.15, 0.2) is 0 Å². The van der Waals surface area contributed by atoms with Crippen LogP contribution < -0.4 is 4.90 Å². The molecule has 0 unspecified atom stereocenters. The Bertz CT molecular complexity index is 243. The number of para-hydroxylation sites is 1. The molecule has 0 saturated heterocycles. The minimum absolute atomic E-state index is 0.00882. The van der Waals surface area contributed by atoms with Gasteiger partial charge in [0.05, 0.1) is 6.61 Å². The van der Waals surface area contributed by atoms with Crippen LogP contribution in [-0.4, -0.2) is 31.4 Å². The van der Waals surface area contributed by atoms with Gasteiger partial charge in [-0.3, -0.25) is 0 Å². The van der Waals surface area contributed by atoms with Gasteiger partial charge in [0.2, 0.25) is 0 Å². The minimum Gasteiger partial charge on any atom is -0.395 e. The fourth-order valence-electron chi connectivity index (χ4n) is 1.27. The summed E-state index contributed by atoms with van der Waals surface area (Å²) < 4.78 is 11.5. The molecule has 0 bridgehead atoms. The standard InChI is InChI=1S/C10H14FNO2/c11-14-9-7-12(6-8-13)10-4-2-1-3-5-10/h1-5,13H,6-9H2. The number of hydrogen-bond donors (Lipinski definition) is 1. The zero-order valence-electron chi connectivity index (χ0n) is 7.90. The fraction of sp³-hybridized carbons (Fsp3) is 0.400. The zero-order chi connectivity index (χ0) is 10.2. The molecular weight excluding hydrogens is 185 g/mol. The molecule has 14 heavy (non-hydrogen) atoms. The lowest BCUT2D eigenvalue weighted by Gasteiger charge is -2.22. The second-order valence-corrected chi connectivity index (χ2v) is 2.86. The van der Waals surface area contributed by atoms with Crippen molar-refractivity contribution in [1.29, 1.82) is 0 Å². The van der Waals surface area contributed by atoms with Crippen LogP contribution >= 0.6 is 0 Å². The first-order chi connectivity index (χ1) is 6.88. The van der Waals surface area contributed by atoms with Crippen LogP contribution in [-0.2, 0) is 4.94 Å². The molecule has 0 heterocycles. The third kappa shape index (κ3) is 3.32. The lowest BCUT2D eigenvalue weighted by Crippen LogP contribution is -2.29. The molecule has 0 amide bonds. The Hall–Kier alpha value is -1.13. The predicted molar refractivity (Wildman–Crippen MR) is 52.8 cm³/mol. The first-order valence-electron chi connectivity index (χ1n) is 4.53. The number of aliphatic hydroxyl groups is 1. The molecule has 1 aromatic rings. The lowest BCUT2D eigenvalue weighted by molar-refractivity contribution is -0.128. The van der Waals surface area contributed by atoms with Gasteiger partial charge in [-0.25, -0.2) is 0 Å². The zero-order valence-corrected chi connectivity index (χ0v) is 7.90. The molecule has 0 radical (unpaired) electrons. The molecule has 4 heteroatoms. The van der Waals surface area contributed by atoms with Crippen molar-refractivity contribution in [2.24, 2.45) is 0 Å². The Morgan fingerprint density at radius 3 is 2.50 bits per heavy atom. The molecule has 3 nitrogen and oxygen atoms in total. The van der Waals surface area contributed by atoms with Gasteiger partial charge < -0.3 is 10.0 Å². The van der Waals surface area contributed by atoms with Crippen molar-refractivity contribution in [2.75, 3.05) is 31.2 Å². The Kier molecular flexibility index (Phi) is 4.96. The smallest absolute Gasteiger partial charge is 0.105 e. The summed E-state index contributed by atoms with van der Waals surface area (Å²) >= 11 is 0. The minimum atomic E-state index is 0.00882. The highest BCUT2D eigenvalue weighted by Crippen LogP contribution is 2.11. The van der Waals surface area contributed by atoms with E-state index in [0.717, 1.165) is 5.69 Å². The van der Waals surface area contributed by atoms with Crippen LogP contribution in [0.25, 0.3) is 0 Å². The summed E-state index contributed by atoms with van der Waals surface area (Å²) in [6.07, 6.45) is 0. The maximum absolute atomic E-state index is 11.5. The number of halogens is 1. The first-order valence-corrected chi connectivity index (χ1v) is 4.53. The van der Waals surface area contributed by atoms with Crippen LogP contribution in [0.15, 0.2) is 30.3 Å². The van der Waals surface area contributed by atoms with Crippen LogP contribution in [0.1, 0.15) is 0 Å². The van der Waals surface area contributed by atoms with Gasteiger partial charge in [-0.05, 0) is 16.7 Å². The van der Waals surface area contributed by atoms with Crippen LogP contribution in [0.5, 0.6) is 0 Å². The van der Waals surface area contributed by atoms with Gasteiger partial charge in [0.1, 0.15) is 6.61 Å². The Labute approximate surface area is 82.6 Å². The summed E-state index contributed by atoms with van der Waals surface area (Å²) in [6, 6.07) is 9.53. The molecule has 0 aliphatic rings. The number of hydrogen-bond acceptors (Lipinski definition) is 3. The van der Waals surface area contributed by atoms with E-state index in [-0.39, 0.29) is 13.2 Å². The summed E-state index contributed by atoms with van der Waals surface area (Å²) in [5.41, 5.74) is 0.957. The second kappa shape index (κ2) is 6.34. The topological polar surface area (TPSA) is 32.7 Å². The van der Waals surface area contributed by atoms with Crippen molar-refractivity contribution in [3.8, 4) is 0 Å². The lowest BCUT2D eigenvalue weighted by atomic mass is 10.3. The normalized spacial score (nSPS) is 10.1. The van der Waals surface area contributed by atoms with Crippen molar-refractivity contribution in [3.63, 3.8) is 0 Å². The molecule has 78 valence electrons. The molecule has 1 N–H and O–H groups in total. The molecule has 1 rings (SSSR count). The molecule has 0 spiro atoms. The van der Waals surface area contributed by atoms with E-state index < -0.39 is 0 Å². The molecule has 0 atom stereocenters. The predicted octanol–water partition coefficient (Wildman–Crippen LogP) is 1.39. The van der Waals surface area contributed by atoms with Gasteiger partial charge in [-0.1, -0.05) is 18.2 Å². The van der Waals surface area contributed by atoms with Crippen LogP contribution in [0.3, 0.4) is 0 Å².